The second kappa shape index (κ2) is 3.53. The van der Waals surface area contributed by atoms with E-state index in [0.717, 1.165) is 17.0 Å². The predicted octanol–water partition coefficient (Wildman–Crippen LogP) is 1.86. The summed E-state index contributed by atoms with van der Waals surface area (Å²) in [7, 11) is 0. The van der Waals surface area contributed by atoms with Crippen molar-refractivity contribution in [3.63, 3.8) is 0 Å². The summed E-state index contributed by atoms with van der Waals surface area (Å²) in [5, 5.41) is 0.600. The van der Waals surface area contributed by atoms with E-state index in [1.54, 1.807) is 29.4 Å². The fourth-order valence-corrected chi connectivity index (χ4v) is 1.56. The van der Waals surface area contributed by atoms with E-state index in [1.807, 2.05) is 6.07 Å². The molecule has 0 aliphatic rings. The van der Waals surface area contributed by atoms with Crippen LogP contribution in [0.4, 0.5) is 0 Å². The summed E-state index contributed by atoms with van der Waals surface area (Å²) in [4.78, 5) is 16.4. The van der Waals surface area contributed by atoms with Crippen LogP contribution in [0, 0.1) is 0 Å². The van der Waals surface area contributed by atoms with Gasteiger partial charge in [-0.2, -0.15) is 0 Å². The quantitative estimate of drug-likeness (QED) is 0.642. The Kier molecular flexibility index (Phi) is 2.04. The third kappa shape index (κ3) is 1.42. The molecule has 0 N–H and O–H groups in total. The van der Waals surface area contributed by atoms with Gasteiger partial charge in [0.25, 0.3) is 0 Å². The average Bonchev–Trinajstić information content (AvgIpc) is 2.74. The number of rotatable bonds is 1. The van der Waals surface area contributed by atoms with E-state index in [9.17, 15) is 0 Å². The van der Waals surface area contributed by atoms with Crippen LogP contribution in [-0.4, -0.2) is 24.5 Å². The first-order chi connectivity index (χ1) is 7.84. The van der Waals surface area contributed by atoms with E-state index in [4.69, 9.17) is 11.6 Å². The molecular formula is C10H6ClN5. The largest absolute Gasteiger partial charge is 0.267 e. The van der Waals surface area contributed by atoms with Gasteiger partial charge in [-0.1, -0.05) is 11.6 Å². The minimum absolute atomic E-state index is 0.600. The summed E-state index contributed by atoms with van der Waals surface area (Å²) in [6.07, 6.45) is 6.39. The summed E-state index contributed by atoms with van der Waals surface area (Å²) in [5.74, 6) is 0.727. The highest BCUT2D eigenvalue weighted by molar-refractivity contribution is 6.30. The first-order valence-electron chi connectivity index (χ1n) is 4.59. The molecule has 0 amide bonds. The van der Waals surface area contributed by atoms with Crippen LogP contribution >= 0.6 is 11.6 Å². The molecule has 0 saturated carbocycles. The maximum atomic E-state index is 5.78. The maximum Gasteiger partial charge on any atom is 0.168 e. The lowest BCUT2D eigenvalue weighted by atomic mass is 10.4. The molecule has 0 bridgehead atoms. The Labute approximate surface area is 95.8 Å². The average molecular weight is 232 g/mol. The molecule has 3 heterocycles. The van der Waals surface area contributed by atoms with E-state index in [1.165, 1.54) is 6.33 Å². The van der Waals surface area contributed by atoms with Gasteiger partial charge in [0, 0.05) is 6.20 Å². The Morgan fingerprint density at radius 3 is 2.81 bits per heavy atom. The Morgan fingerprint density at radius 2 is 2.00 bits per heavy atom. The topological polar surface area (TPSA) is 56.5 Å². The molecule has 16 heavy (non-hydrogen) atoms. The van der Waals surface area contributed by atoms with E-state index < -0.39 is 0 Å². The molecular weight excluding hydrogens is 226 g/mol. The van der Waals surface area contributed by atoms with Crippen molar-refractivity contribution in [1.29, 1.82) is 0 Å². The lowest BCUT2D eigenvalue weighted by molar-refractivity contribution is 1.00. The highest BCUT2D eigenvalue weighted by Crippen LogP contribution is 2.14. The number of hydrogen-bond donors (Lipinski definition) is 0. The SMILES string of the molecule is Clc1ccc(-n2cnc3cncnc32)nc1. The molecule has 0 aromatic carbocycles. The van der Waals surface area contributed by atoms with E-state index in [0.29, 0.717) is 5.02 Å². The van der Waals surface area contributed by atoms with Crippen LogP contribution in [-0.2, 0) is 0 Å². The Bertz CT molecular complexity index is 631. The van der Waals surface area contributed by atoms with Crippen molar-refractivity contribution in [3.8, 4) is 5.82 Å². The maximum absolute atomic E-state index is 5.78. The fourth-order valence-electron chi connectivity index (χ4n) is 1.45. The molecule has 0 aliphatic carbocycles. The Morgan fingerprint density at radius 1 is 1.06 bits per heavy atom. The number of hydrogen-bond acceptors (Lipinski definition) is 4. The molecule has 0 radical (unpaired) electrons. The molecule has 0 aliphatic heterocycles. The van der Waals surface area contributed by atoms with Crippen LogP contribution in [0.3, 0.4) is 0 Å². The molecule has 0 spiro atoms. The second-order valence-corrected chi connectivity index (χ2v) is 3.62. The van der Waals surface area contributed by atoms with Crippen LogP contribution in [0.5, 0.6) is 0 Å². The molecule has 0 fully saturated rings. The van der Waals surface area contributed by atoms with Crippen molar-refractivity contribution < 1.29 is 0 Å². The van der Waals surface area contributed by atoms with Crippen molar-refractivity contribution in [2.45, 2.75) is 0 Å². The zero-order chi connectivity index (χ0) is 11.0. The van der Waals surface area contributed by atoms with Gasteiger partial charge in [0.15, 0.2) is 5.65 Å². The van der Waals surface area contributed by atoms with E-state index in [2.05, 4.69) is 19.9 Å². The molecule has 0 atom stereocenters. The standard InChI is InChI=1S/C10H6ClN5/c11-7-1-2-9(13-3-7)16-6-15-8-4-12-5-14-10(8)16/h1-6H. The van der Waals surface area contributed by atoms with Crippen LogP contribution in [0.15, 0.2) is 37.2 Å². The summed E-state index contributed by atoms with van der Waals surface area (Å²) in [5.41, 5.74) is 1.46. The van der Waals surface area contributed by atoms with Gasteiger partial charge in [-0.25, -0.2) is 19.9 Å². The number of imidazole rings is 1. The highest BCUT2D eigenvalue weighted by atomic mass is 35.5. The van der Waals surface area contributed by atoms with Crippen molar-refractivity contribution >= 4 is 22.8 Å². The highest BCUT2D eigenvalue weighted by Gasteiger charge is 2.05. The molecule has 0 unspecified atom stereocenters. The first-order valence-corrected chi connectivity index (χ1v) is 4.97. The summed E-state index contributed by atoms with van der Waals surface area (Å²) in [6, 6.07) is 3.59. The van der Waals surface area contributed by atoms with Crippen molar-refractivity contribution in [2.24, 2.45) is 0 Å². The van der Waals surface area contributed by atoms with Gasteiger partial charge in [0.1, 0.15) is 24.0 Å². The summed E-state index contributed by atoms with van der Waals surface area (Å²) in [6.45, 7) is 0. The monoisotopic (exact) mass is 231 g/mol. The van der Waals surface area contributed by atoms with Gasteiger partial charge in [-0.3, -0.25) is 4.57 Å². The van der Waals surface area contributed by atoms with Crippen LogP contribution < -0.4 is 0 Å². The molecule has 3 aromatic heterocycles. The van der Waals surface area contributed by atoms with Crippen molar-refractivity contribution in [1.82, 2.24) is 24.5 Å². The van der Waals surface area contributed by atoms with Gasteiger partial charge in [-0.05, 0) is 12.1 Å². The minimum Gasteiger partial charge on any atom is -0.267 e. The van der Waals surface area contributed by atoms with E-state index >= 15 is 0 Å². The van der Waals surface area contributed by atoms with Gasteiger partial charge in [0.2, 0.25) is 0 Å². The second-order valence-electron chi connectivity index (χ2n) is 3.18. The van der Waals surface area contributed by atoms with Gasteiger partial charge < -0.3 is 0 Å². The van der Waals surface area contributed by atoms with Gasteiger partial charge in [-0.15, -0.1) is 0 Å². The van der Waals surface area contributed by atoms with Crippen molar-refractivity contribution in [3.05, 3.63) is 42.2 Å². The molecule has 3 rings (SSSR count). The van der Waals surface area contributed by atoms with Crippen LogP contribution in [0.25, 0.3) is 17.0 Å². The van der Waals surface area contributed by atoms with Gasteiger partial charge >= 0.3 is 0 Å². The molecule has 3 aromatic rings. The number of nitrogens with zero attached hydrogens (tertiary/aromatic N) is 5. The molecule has 5 nitrogen and oxygen atoms in total. The lowest BCUT2D eigenvalue weighted by Crippen LogP contribution is -1.96. The Hall–Kier alpha value is -2.01. The molecule has 0 saturated heterocycles. The number of halogens is 1. The zero-order valence-corrected chi connectivity index (χ0v) is 8.83. The van der Waals surface area contributed by atoms with Crippen LogP contribution in [0.1, 0.15) is 0 Å². The molecule has 78 valence electrons. The number of pyridine rings is 1. The van der Waals surface area contributed by atoms with E-state index in [-0.39, 0.29) is 0 Å². The smallest absolute Gasteiger partial charge is 0.168 e. The normalized spacial score (nSPS) is 10.8. The van der Waals surface area contributed by atoms with Crippen LogP contribution in [0.2, 0.25) is 5.02 Å². The Balaban J connectivity index is 2.22. The minimum atomic E-state index is 0.600. The first kappa shape index (κ1) is 9.23. The predicted molar refractivity (Wildman–Crippen MR) is 59.5 cm³/mol. The van der Waals surface area contributed by atoms with Crippen molar-refractivity contribution in [2.75, 3.05) is 0 Å². The zero-order valence-electron chi connectivity index (χ0n) is 8.08. The third-order valence-corrected chi connectivity index (χ3v) is 2.40. The summed E-state index contributed by atoms with van der Waals surface area (Å²) < 4.78 is 1.79. The van der Waals surface area contributed by atoms with Gasteiger partial charge in [0.05, 0.1) is 11.2 Å². The lowest BCUT2D eigenvalue weighted by Gasteiger charge is -2.01. The third-order valence-electron chi connectivity index (χ3n) is 2.17. The fraction of sp³-hybridized carbons (Fsp3) is 0. The number of aromatic nitrogens is 5. The molecule has 6 heteroatoms. The summed E-state index contributed by atoms with van der Waals surface area (Å²) >= 11 is 5.78. The number of fused-ring (bicyclic) bond motifs is 1.